The second-order valence-electron chi connectivity index (χ2n) is 4.15. The molecule has 0 aliphatic carbocycles. The van der Waals surface area contributed by atoms with E-state index in [1.165, 1.54) is 0 Å². The first-order valence-corrected chi connectivity index (χ1v) is 4.59. The van der Waals surface area contributed by atoms with Crippen molar-refractivity contribution in [3.05, 3.63) is 11.6 Å². The Morgan fingerprint density at radius 1 is 1.38 bits per heavy atom. The van der Waals surface area contributed by atoms with E-state index in [-0.39, 0.29) is 11.2 Å². The Morgan fingerprint density at radius 2 is 1.92 bits per heavy atom. The maximum atomic E-state index is 11.0. The largest absolute Gasteiger partial charge is 0.295 e. The van der Waals surface area contributed by atoms with E-state index in [2.05, 4.69) is 32.6 Å². The molecule has 0 rings (SSSR count). The molecule has 1 nitrogen and oxygen atoms in total. The van der Waals surface area contributed by atoms with E-state index in [4.69, 9.17) is 0 Å². The van der Waals surface area contributed by atoms with Gasteiger partial charge in [0.2, 0.25) is 0 Å². The summed E-state index contributed by atoms with van der Waals surface area (Å²) in [6.07, 6.45) is 2.16. The normalized spacial score (nSPS) is 11.9. The van der Waals surface area contributed by atoms with E-state index >= 15 is 0 Å². The lowest BCUT2D eigenvalue weighted by atomic mass is 9.97. The highest BCUT2D eigenvalue weighted by atomic mass is 16.1. The molecule has 0 atom stereocenters. The number of hydrogen-bond acceptors (Lipinski definition) is 1. The predicted molar refractivity (Wildman–Crippen MR) is 56.3 cm³/mol. The van der Waals surface area contributed by atoms with E-state index in [9.17, 15) is 4.79 Å². The van der Waals surface area contributed by atoms with Gasteiger partial charge in [0.25, 0.3) is 0 Å². The van der Waals surface area contributed by atoms with Gasteiger partial charge in [-0.15, -0.1) is 0 Å². The summed E-state index contributed by atoms with van der Waals surface area (Å²) in [6.45, 7) is 9.87. The van der Waals surface area contributed by atoms with Crippen molar-refractivity contribution >= 4 is 5.78 Å². The maximum absolute atomic E-state index is 11.0. The molecule has 0 aromatic carbocycles. The van der Waals surface area contributed by atoms with Gasteiger partial charge in [-0.3, -0.25) is 4.79 Å². The SMILES string of the molecule is CCC(=O)/C=C(/C)C#CC(C)(C)C. The Kier molecular flexibility index (Phi) is 4.48. The van der Waals surface area contributed by atoms with Gasteiger partial charge in [-0.25, -0.2) is 0 Å². The van der Waals surface area contributed by atoms with Gasteiger partial charge in [0.1, 0.15) is 0 Å². The predicted octanol–water partition coefficient (Wildman–Crippen LogP) is 2.96. The van der Waals surface area contributed by atoms with Gasteiger partial charge in [-0.1, -0.05) is 18.8 Å². The minimum Gasteiger partial charge on any atom is -0.295 e. The van der Waals surface area contributed by atoms with Crippen LogP contribution in [0, 0.1) is 17.3 Å². The lowest BCUT2D eigenvalue weighted by molar-refractivity contribution is -0.114. The minimum atomic E-state index is 0.00433. The molecule has 0 N–H and O–H groups in total. The van der Waals surface area contributed by atoms with E-state index in [0.717, 1.165) is 5.57 Å². The van der Waals surface area contributed by atoms with Crippen molar-refractivity contribution in [2.24, 2.45) is 5.41 Å². The Morgan fingerprint density at radius 3 is 2.31 bits per heavy atom. The molecule has 13 heavy (non-hydrogen) atoms. The molecule has 0 spiro atoms. The summed E-state index contributed by atoms with van der Waals surface area (Å²) in [5.74, 6) is 6.20. The van der Waals surface area contributed by atoms with Crippen LogP contribution in [0.25, 0.3) is 0 Å². The number of rotatable bonds is 2. The fourth-order valence-electron chi connectivity index (χ4n) is 0.666. The second kappa shape index (κ2) is 4.87. The van der Waals surface area contributed by atoms with Crippen LogP contribution in [0.3, 0.4) is 0 Å². The molecule has 0 aromatic rings. The zero-order valence-electron chi connectivity index (χ0n) is 9.19. The summed E-state index contributed by atoms with van der Waals surface area (Å²) in [5.41, 5.74) is 0.853. The van der Waals surface area contributed by atoms with Crippen LogP contribution in [-0.4, -0.2) is 5.78 Å². The van der Waals surface area contributed by atoms with Crippen molar-refractivity contribution in [1.82, 2.24) is 0 Å². The first-order valence-electron chi connectivity index (χ1n) is 4.59. The summed E-state index contributed by atoms with van der Waals surface area (Å²) >= 11 is 0. The van der Waals surface area contributed by atoms with Crippen molar-refractivity contribution in [3.63, 3.8) is 0 Å². The smallest absolute Gasteiger partial charge is 0.156 e. The molecule has 0 unspecified atom stereocenters. The molecule has 0 aliphatic heterocycles. The zero-order valence-corrected chi connectivity index (χ0v) is 9.19. The van der Waals surface area contributed by atoms with Gasteiger partial charge in [-0.05, 0) is 33.8 Å². The molecule has 0 bridgehead atoms. The van der Waals surface area contributed by atoms with Crippen LogP contribution in [0.4, 0.5) is 0 Å². The third-order valence-electron chi connectivity index (χ3n) is 1.36. The van der Waals surface area contributed by atoms with Gasteiger partial charge in [0, 0.05) is 17.4 Å². The molecule has 0 saturated carbocycles. The van der Waals surface area contributed by atoms with Gasteiger partial charge < -0.3 is 0 Å². The van der Waals surface area contributed by atoms with E-state index in [1.807, 2.05) is 13.8 Å². The third-order valence-corrected chi connectivity index (χ3v) is 1.36. The second-order valence-corrected chi connectivity index (χ2v) is 4.15. The molecular formula is C12H18O. The molecule has 0 saturated heterocycles. The highest BCUT2D eigenvalue weighted by Gasteiger charge is 2.03. The standard InChI is InChI=1S/C12H18O/c1-6-11(13)9-10(2)7-8-12(3,4)5/h9H,6H2,1-5H3/b10-9-. The summed E-state index contributed by atoms with van der Waals surface area (Å²) in [7, 11) is 0. The minimum absolute atomic E-state index is 0.00433. The van der Waals surface area contributed by atoms with Crippen LogP contribution in [0.2, 0.25) is 0 Å². The van der Waals surface area contributed by atoms with Gasteiger partial charge >= 0.3 is 0 Å². The molecule has 0 aliphatic rings. The van der Waals surface area contributed by atoms with Gasteiger partial charge in [0.15, 0.2) is 5.78 Å². The van der Waals surface area contributed by atoms with Crippen LogP contribution < -0.4 is 0 Å². The lowest BCUT2D eigenvalue weighted by Gasteiger charge is -2.06. The van der Waals surface area contributed by atoms with Crippen molar-refractivity contribution < 1.29 is 4.79 Å². The highest BCUT2D eigenvalue weighted by Crippen LogP contribution is 2.10. The zero-order chi connectivity index (χ0) is 10.5. The number of ketones is 1. The third kappa shape index (κ3) is 7.33. The number of allylic oxidation sites excluding steroid dienone is 2. The number of carbonyl (C=O) groups is 1. The molecular weight excluding hydrogens is 160 g/mol. The van der Waals surface area contributed by atoms with Gasteiger partial charge in [-0.2, -0.15) is 0 Å². The van der Waals surface area contributed by atoms with Crippen LogP contribution in [-0.2, 0) is 4.79 Å². The summed E-state index contributed by atoms with van der Waals surface area (Å²) in [5, 5.41) is 0. The average molecular weight is 178 g/mol. The summed E-state index contributed by atoms with van der Waals surface area (Å²) < 4.78 is 0. The number of carbonyl (C=O) groups excluding carboxylic acids is 1. The highest BCUT2D eigenvalue weighted by molar-refractivity contribution is 5.90. The van der Waals surface area contributed by atoms with Crippen molar-refractivity contribution in [3.8, 4) is 11.8 Å². The van der Waals surface area contributed by atoms with Crippen molar-refractivity contribution in [1.29, 1.82) is 0 Å². The maximum Gasteiger partial charge on any atom is 0.156 e. The summed E-state index contributed by atoms with van der Waals surface area (Å²) in [4.78, 5) is 11.0. The summed E-state index contributed by atoms with van der Waals surface area (Å²) in [6, 6.07) is 0. The first-order chi connectivity index (χ1) is 5.85. The first kappa shape index (κ1) is 12.0. The average Bonchev–Trinajstić information content (AvgIpc) is 1.99. The number of hydrogen-bond donors (Lipinski definition) is 0. The molecule has 0 aromatic heterocycles. The molecule has 0 heterocycles. The van der Waals surface area contributed by atoms with Gasteiger partial charge in [0.05, 0.1) is 0 Å². The monoisotopic (exact) mass is 178 g/mol. The molecule has 72 valence electrons. The Hall–Kier alpha value is -1.03. The molecule has 0 fully saturated rings. The molecule has 1 heteroatoms. The molecule has 0 radical (unpaired) electrons. The molecule has 0 amide bonds. The topological polar surface area (TPSA) is 17.1 Å². The van der Waals surface area contributed by atoms with Crippen LogP contribution >= 0.6 is 0 Å². The van der Waals surface area contributed by atoms with E-state index in [1.54, 1.807) is 6.08 Å². The quantitative estimate of drug-likeness (QED) is 0.469. The van der Waals surface area contributed by atoms with E-state index in [0.29, 0.717) is 6.42 Å². The van der Waals surface area contributed by atoms with Crippen molar-refractivity contribution in [2.75, 3.05) is 0 Å². The van der Waals surface area contributed by atoms with Crippen LogP contribution in [0.1, 0.15) is 41.0 Å². The van der Waals surface area contributed by atoms with E-state index < -0.39 is 0 Å². The Balaban J connectivity index is 4.44. The Bertz CT molecular complexity index is 266. The van der Waals surface area contributed by atoms with Crippen molar-refractivity contribution in [2.45, 2.75) is 41.0 Å². The fourth-order valence-corrected chi connectivity index (χ4v) is 0.666. The Labute approximate surface area is 81.2 Å². The van der Waals surface area contributed by atoms with Crippen LogP contribution in [0.5, 0.6) is 0 Å². The fraction of sp³-hybridized carbons (Fsp3) is 0.583. The van der Waals surface area contributed by atoms with Crippen LogP contribution in [0.15, 0.2) is 11.6 Å². The lowest BCUT2D eigenvalue weighted by Crippen LogP contribution is -1.99.